The van der Waals surface area contributed by atoms with Crippen LogP contribution in [0.25, 0.3) is 22.3 Å². The van der Waals surface area contributed by atoms with Crippen molar-refractivity contribution in [3.63, 3.8) is 0 Å². The monoisotopic (exact) mass is 601 g/mol. The minimum Gasteiger partial charge on any atom is -0.437 e. The zero-order chi connectivity index (χ0) is 31.4. The van der Waals surface area contributed by atoms with Crippen molar-refractivity contribution in [3.8, 4) is 52.0 Å². The van der Waals surface area contributed by atoms with Crippen molar-refractivity contribution in [2.45, 2.75) is 19.3 Å². The van der Waals surface area contributed by atoms with Crippen molar-refractivity contribution in [2.75, 3.05) is 10.6 Å². The number of nitrogens with zero attached hydrogens (tertiary/aromatic N) is 3. The smallest absolute Gasteiger partial charge is 0.419 e. The lowest BCUT2D eigenvalue weighted by molar-refractivity contribution is -0.140. The number of hydrogen-bond acceptors (Lipinski definition) is 7. The van der Waals surface area contributed by atoms with E-state index < -0.39 is 46.6 Å². The van der Waals surface area contributed by atoms with Crippen molar-refractivity contribution in [2.24, 2.45) is 0 Å². The Morgan fingerprint density at radius 1 is 0.674 bits per heavy atom. The van der Waals surface area contributed by atoms with Crippen LogP contribution in [0, 0.1) is 45.6 Å². The van der Waals surface area contributed by atoms with Crippen LogP contribution < -0.4 is 20.1 Å². The first kappa shape index (κ1) is 28.8. The standard InChI is InChI=1S/C28H11F8N5O2/c1-11(8-37)25-40-21-19(12-2-4-15(17(29)6-12)27(31,32)33)24-22(41-26(43-24)14(9-38)10-39)20(23(21)42-25)13-3-5-16(18(30)7-13)28(34,35)36/h2-7,40-41H,1H3/b25-11-. The van der Waals surface area contributed by atoms with Crippen molar-refractivity contribution >= 4 is 11.4 Å². The molecule has 216 valence electrons. The molecule has 2 aliphatic rings. The zero-order valence-electron chi connectivity index (χ0n) is 21.1. The molecule has 0 spiro atoms. The maximum Gasteiger partial charge on any atom is 0.419 e. The molecule has 0 unspecified atom stereocenters. The molecule has 0 bridgehead atoms. The Balaban J connectivity index is 1.88. The van der Waals surface area contributed by atoms with E-state index in [1.807, 2.05) is 6.07 Å². The summed E-state index contributed by atoms with van der Waals surface area (Å²) in [6, 6.07) is 8.77. The Labute approximate surface area is 236 Å². The third-order valence-corrected chi connectivity index (χ3v) is 6.38. The molecular formula is C28H11F8N5O2. The number of hydrogen-bond donors (Lipinski definition) is 2. The van der Waals surface area contributed by atoms with Crippen LogP contribution in [-0.4, -0.2) is 0 Å². The first-order valence-electron chi connectivity index (χ1n) is 11.7. The number of rotatable bonds is 2. The molecule has 0 radical (unpaired) electrons. The third kappa shape index (κ3) is 4.79. The Bertz CT molecular complexity index is 1800. The predicted octanol–water partition coefficient (Wildman–Crippen LogP) is 7.96. The van der Waals surface area contributed by atoms with Crippen LogP contribution in [0.4, 0.5) is 46.5 Å². The minimum absolute atomic E-state index is 0.0452. The second-order valence-electron chi connectivity index (χ2n) is 8.99. The summed E-state index contributed by atoms with van der Waals surface area (Å²) in [5, 5.41) is 33.5. The Morgan fingerprint density at radius 3 is 1.47 bits per heavy atom. The number of nitrogens with one attached hydrogen (secondary N) is 2. The first-order valence-corrected chi connectivity index (χ1v) is 11.7. The molecule has 3 aromatic rings. The lowest BCUT2D eigenvalue weighted by Crippen LogP contribution is -2.08. The van der Waals surface area contributed by atoms with Crippen LogP contribution in [0.5, 0.6) is 11.5 Å². The normalized spacial score (nSPS) is 14.6. The minimum atomic E-state index is -5.04. The van der Waals surface area contributed by atoms with E-state index in [4.69, 9.17) is 9.47 Å². The van der Waals surface area contributed by atoms with Crippen LogP contribution >= 0.6 is 0 Å². The maximum absolute atomic E-state index is 14.7. The van der Waals surface area contributed by atoms with E-state index in [9.17, 15) is 50.9 Å². The number of nitriles is 3. The number of halogens is 8. The molecular weight excluding hydrogens is 590 g/mol. The summed E-state index contributed by atoms with van der Waals surface area (Å²) in [5.41, 5.74) is -4.97. The van der Waals surface area contributed by atoms with Gasteiger partial charge in [0.15, 0.2) is 17.1 Å². The Hall–Kier alpha value is -5.75. The lowest BCUT2D eigenvalue weighted by Gasteiger charge is -2.17. The van der Waals surface area contributed by atoms with Crippen molar-refractivity contribution in [1.82, 2.24) is 0 Å². The second-order valence-corrected chi connectivity index (χ2v) is 8.99. The van der Waals surface area contributed by atoms with Gasteiger partial charge in [0.05, 0.1) is 45.3 Å². The van der Waals surface area contributed by atoms with Gasteiger partial charge in [-0.15, -0.1) is 0 Å². The quantitative estimate of drug-likeness (QED) is 0.226. The summed E-state index contributed by atoms with van der Waals surface area (Å²) in [7, 11) is 0. The van der Waals surface area contributed by atoms with E-state index >= 15 is 0 Å². The topological polar surface area (TPSA) is 114 Å². The van der Waals surface area contributed by atoms with Crippen molar-refractivity contribution in [3.05, 3.63) is 82.1 Å². The molecule has 15 heteroatoms. The molecule has 43 heavy (non-hydrogen) atoms. The number of benzene rings is 3. The Morgan fingerprint density at radius 2 is 1.09 bits per heavy atom. The van der Waals surface area contributed by atoms with Crippen LogP contribution in [0.2, 0.25) is 0 Å². The fraction of sp³-hybridized carbons (Fsp3) is 0.107. The lowest BCUT2D eigenvalue weighted by atomic mass is 9.93. The molecule has 7 nitrogen and oxygen atoms in total. The average molecular weight is 601 g/mol. The van der Waals surface area contributed by atoms with Gasteiger partial charge in [-0.05, 0) is 42.3 Å². The fourth-order valence-electron chi connectivity index (χ4n) is 4.44. The molecule has 2 heterocycles. The van der Waals surface area contributed by atoms with E-state index in [1.165, 1.54) is 6.92 Å². The number of fused-ring (bicyclic) bond motifs is 2. The molecule has 5 rings (SSSR count). The van der Waals surface area contributed by atoms with Gasteiger partial charge in [-0.25, -0.2) is 8.78 Å². The van der Waals surface area contributed by atoms with Gasteiger partial charge in [-0.3, -0.25) is 0 Å². The molecule has 0 fully saturated rings. The number of alkyl halides is 6. The zero-order valence-corrected chi connectivity index (χ0v) is 21.1. The SMILES string of the molecule is C/C(C#N)=C1\Nc2c(c(-c3ccc(C(F)(F)F)c(F)c3)c3c(c2-c2ccc(C(F)(F)F)c(F)c2)OC(=C(C#N)C#N)N3)O1. The van der Waals surface area contributed by atoms with E-state index in [-0.39, 0.29) is 56.6 Å². The summed E-state index contributed by atoms with van der Waals surface area (Å²) >= 11 is 0. The molecule has 0 saturated heterocycles. The van der Waals surface area contributed by atoms with E-state index in [1.54, 1.807) is 12.1 Å². The number of anilines is 2. The highest BCUT2D eigenvalue weighted by molar-refractivity contribution is 6.05. The first-order chi connectivity index (χ1) is 20.2. The average Bonchev–Trinajstić information content (AvgIpc) is 3.55. The fourth-order valence-corrected chi connectivity index (χ4v) is 4.44. The van der Waals surface area contributed by atoms with Gasteiger partial charge in [0.2, 0.25) is 11.8 Å². The molecule has 0 saturated carbocycles. The summed E-state index contributed by atoms with van der Waals surface area (Å²) in [4.78, 5) is 0. The van der Waals surface area contributed by atoms with Crippen molar-refractivity contribution in [1.29, 1.82) is 15.8 Å². The molecule has 2 N–H and O–H groups in total. The van der Waals surface area contributed by atoms with Crippen LogP contribution in [0.3, 0.4) is 0 Å². The largest absolute Gasteiger partial charge is 0.437 e. The molecule has 0 aliphatic carbocycles. The highest BCUT2D eigenvalue weighted by atomic mass is 19.4. The summed E-state index contributed by atoms with van der Waals surface area (Å²) in [6.45, 7) is 1.33. The van der Waals surface area contributed by atoms with Gasteiger partial charge in [0.1, 0.15) is 23.8 Å². The van der Waals surface area contributed by atoms with E-state index in [0.29, 0.717) is 24.3 Å². The van der Waals surface area contributed by atoms with Crippen LogP contribution in [0.15, 0.2) is 59.3 Å². The van der Waals surface area contributed by atoms with Gasteiger partial charge < -0.3 is 20.1 Å². The molecule has 0 aromatic heterocycles. The molecule has 3 aromatic carbocycles. The number of ether oxygens (including phenoxy) is 2. The van der Waals surface area contributed by atoms with Gasteiger partial charge >= 0.3 is 12.4 Å². The highest BCUT2D eigenvalue weighted by Gasteiger charge is 2.40. The van der Waals surface area contributed by atoms with E-state index in [2.05, 4.69) is 10.6 Å². The van der Waals surface area contributed by atoms with Gasteiger partial charge in [-0.2, -0.15) is 42.1 Å². The highest BCUT2D eigenvalue weighted by Crippen LogP contribution is 2.60. The third-order valence-electron chi connectivity index (χ3n) is 6.38. The predicted molar refractivity (Wildman–Crippen MR) is 132 cm³/mol. The molecule has 2 aliphatic heterocycles. The maximum atomic E-state index is 14.7. The second kappa shape index (κ2) is 9.96. The van der Waals surface area contributed by atoms with Crippen molar-refractivity contribution < 1.29 is 44.6 Å². The summed E-state index contributed by atoms with van der Waals surface area (Å²) in [5.74, 6) is -4.59. The number of allylic oxidation sites excluding steroid dienone is 2. The van der Waals surface area contributed by atoms with Gasteiger partial charge in [0.25, 0.3) is 0 Å². The van der Waals surface area contributed by atoms with E-state index in [0.717, 1.165) is 12.1 Å². The molecule has 0 amide bonds. The Kier molecular flexibility index (Phi) is 6.66. The van der Waals surface area contributed by atoms with Crippen LogP contribution in [-0.2, 0) is 12.4 Å². The molecule has 0 atom stereocenters. The van der Waals surface area contributed by atoms with Gasteiger partial charge in [-0.1, -0.05) is 12.1 Å². The van der Waals surface area contributed by atoms with Crippen LogP contribution in [0.1, 0.15) is 18.1 Å². The van der Waals surface area contributed by atoms with Gasteiger partial charge in [0, 0.05) is 0 Å². The summed E-state index contributed by atoms with van der Waals surface area (Å²) < 4.78 is 121. The summed E-state index contributed by atoms with van der Waals surface area (Å²) in [6.07, 6.45) is -10.1.